The lowest BCUT2D eigenvalue weighted by Crippen LogP contribution is -2.10. The summed E-state index contributed by atoms with van der Waals surface area (Å²) < 4.78 is 9.52. The molecule has 0 spiro atoms. The largest absolute Gasteiger partial charge is 0.311 e. The maximum absolute atomic E-state index is 2.40. The van der Waals surface area contributed by atoms with Crippen LogP contribution in [0.1, 0.15) is 0 Å². The molecule has 0 aliphatic heterocycles. The molecular weight excluding hydrogens is 1500 g/mol. The van der Waals surface area contributed by atoms with Crippen LogP contribution in [0.5, 0.6) is 0 Å². The van der Waals surface area contributed by atoms with Gasteiger partial charge in [-0.3, -0.25) is 0 Å². The standard InChI is InChI=1S/C60H41N3.C58H39N3/c1-4-14-42(15-5-1)43-24-26-44(27-25-43)46-30-39-60-56(40-46)54-21-11-13-23-58(54)63(60)52-36-34-51(35-37-52)61(48-16-6-2-7-17-48)50-32-28-45(29-33-50)47-31-38-59-55(41-47)53-20-10-12-22-57(53)62(59)49-18-8-3-9-19-49;1-3-15-46(16-4-1)59(48-29-25-41(26-30-48)44-27-35-57-53(38-44)51-19-9-11-21-55(51)60(57)47-17-5-2-6-18-47)49-31-33-50(34-32-49)61-56-22-12-10-20-52(56)54-39-45(28-36-58(54)61)43-24-23-40-13-7-8-14-42(40)37-43/h1-41H;1-39H. The topological polar surface area (TPSA) is 26.2 Å². The van der Waals surface area contributed by atoms with Gasteiger partial charge in [0.1, 0.15) is 0 Å². The van der Waals surface area contributed by atoms with Gasteiger partial charge in [0.15, 0.2) is 0 Å². The molecule has 6 heteroatoms. The van der Waals surface area contributed by atoms with Gasteiger partial charge < -0.3 is 28.1 Å². The molecule has 0 saturated heterocycles. The predicted molar refractivity (Wildman–Crippen MR) is 524 cm³/mol. The third-order valence-corrected chi connectivity index (χ3v) is 24.8. The van der Waals surface area contributed by atoms with Crippen LogP contribution in [0, 0.1) is 0 Å². The van der Waals surface area contributed by atoms with Crippen molar-refractivity contribution in [2.75, 3.05) is 9.80 Å². The van der Waals surface area contributed by atoms with Gasteiger partial charge in [0.25, 0.3) is 0 Å². The number of fused-ring (bicyclic) bond motifs is 13. The first-order valence-corrected chi connectivity index (χ1v) is 42.5. The fourth-order valence-electron chi connectivity index (χ4n) is 18.9. The van der Waals surface area contributed by atoms with Crippen molar-refractivity contribution in [3.8, 4) is 78.4 Å². The van der Waals surface area contributed by atoms with E-state index in [1.165, 1.54) is 165 Å². The zero-order valence-corrected chi connectivity index (χ0v) is 67.9. The molecule has 0 radical (unpaired) electrons. The Balaban J connectivity index is 0.000000143. The van der Waals surface area contributed by atoms with E-state index in [9.17, 15) is 0 Å². The second-order valence-corrected chi connectivity index (χ2v) is 32.0. The second-order valence-electron chi connectivity index (χ2n) is 32.0. The van der Waals surface area contributed by atoms with Gasteiger partial charge in [-0.25, -0.2) is 0 Å². The summed E-state index contributed by atoms with van der Waals surface area (Å²) in [6.45, 7) is 0. The van der Waals surface area contributed by atoms with E-state index in [1.54, 1.807) is 0 Å². The van der Waals surface area contributed by atoms with E-state index in [4.69, 9.17) is 0 Å². The summed E-state index contributed by atoms with van der Waals surface area (Å²) in [4.78, 5) is 4.68. The van der Waals surface area contributed by atoms with Crippen LogP contribution < -0.4 is 9.80 Å². The molecule has 0 unspecified atom stereocenters. The summed E-state index contributed by atoms with van der Waals surface area (Å²) in [7, 11) is 0. The van der Waals surface area contributed by atoms with Crippen LogP contribution in [-0.4, -0.2) is 18.3 Å². The maximum atomic E-state index is 2.40. The van der Waals surface area contributed by atoms with Crippen molar-refractivity contribution in [2.24, 2.45) is 0 Å². The van der Waals surface area contributed by atoms with Gasteiger partial charge in [0.2, 0.25) is 0 Å². The number of hydrogen-bond donors (Lipinski definition) is 0. The molecule has 0 bridgehead atoms. The zero-order chi connectivity index (χ0) is 82.0. The van der Waals surface area contributed by atoms with Gasteiger partial charge in [-0.05, 0) is 267 Å². The van der Waals surface area contributed by atoms with E-state index in [-0.39, 0.29) is 0 Å². The Morgan fingerprint density at radius 2 is 0.331 bits per heavy atom. The minimum Gasteiger partial charge on any atom is -0.311 e. The van der Waals surface area contributed by atoms with Crippen LogP contribution in [0.25, 0.3) is 176 Å². The number of aromatic nitrogens is 4. The minimum atomic E-state index is 1.09. The third kappa shape index (κ3) is 13.0. The average molecular weight is 1580 g/mol. The molecule has 0 atom stereocenters. The lowest BCUT2D eigenvalue weighted by Gasteiger charge is -2.26. The number of benzene rings is 20. The monoisotopic (exact) mass is 1580 g/mol. The van der Waals surface area contributed by atoms with E-state index < -0.39 is 0 Å². The van der Waals surface area contributed by atoms with Crippen LogP contribution in [-0.2, 0) is 0 Å². The van der Waals surface area contributed by atoms with E-state index in [0.717, 1.165) is 45.5 Å². The van der Waals surface area contributed by atoms with Crippen LogP contribution in [0.15, 0.2) is 485 Å². The van der Waals surface area contributed by atoms with Crippen LogP contribution >= 0.6 is 0 Å². The summed E-state index contributed by atoms with van der Waals surface area (Å²) in [6.07, 6.45) is 0. The predicted octanol–water partition coefficient (Wildman–Crippen LogP) is 32.2. The van der Waals surface area contributed by atoms with E-state index in [0.29, 0.717) is 0 Å². The Morgan fingerprint density at radius 3 is 0.677 bits per heavy atom. The molecule has 0 saturated carbocycles. The van der Waals surface area contributed by atoms with Gasteiger partial charge in [-0.2, -0.15) is 0 Å². The quantitative estimate of drug-likeness (QED) is 0.102. The molecule has 4 aromatic heterocycles. The lowest BCUT2D eigenvalue weighted by atomic mass is 9.99. The first-order chi connectivity index (χ1) is 61.5. The highest BCUT2D eigenvalue weighted by Gasteiger charge is 2.22. The molecule has 0 fully saturated rings. The van der Waals surface area contributed by atoms with Crippen LogP contribution in [0.4, 0.5) is 34.1 Å². The molecule has 124 heavy (non-hydrogen) atoms. The summed E-state index contributed by atoms with van der Waals surface area (Å²) in [5.74, 6) is 0. The van der Waals surface area contributed by atoms with Crippen molar-refractivity contribution in [1.82, 2.24) is 18.3 Å². The molecule has 6 nitrogen and oxygen atoms in total. The van der Waals surface area contributed by atoms with Crippen LogP contribution in [0.2, 0.25) is 0 Å². The molecule has 24 aromatic rings. The molecule has 4 heterocycles. The van der Waals surface area contributed by atoms with Gasteiger partial charge >= 0.3 is 0 Å². The van der Waals surface area contributed by atoms with Gasteiger partial charge in [-0.15, -0.1) is 0 Å². The van der Waals surface area contributed by atoms with Gasteiger partial charge in [0.05, 0.1) is 44.1 Å². The highest BCUT2D eigenvalue weighted by atomic mass is 15.2. The third-order valence-electron chi connectivity index (χ3n) is 24.8. The lowest BCUT2D eigenvalue weighted by molar-refractivity contribution is 1.17. The van der Waals surface area contributed by atoms with Crippen molar-refractivity contribution in [3.63, 3.8) is 0 Å². The Bertz CT molecular complexity index is 8090. The van der Waals surface area contributed by atoms with E-state index in [1.807, 2.05) is 0 Å². The summed E-state index contributed by atoms with van der Waals surface area (Å²) >= 11 is 0. The smallest absolute Gasteiger partial charge is 0.0541 e. The van der Waals surface area contributed by atoms with Crippen molar-refractivity contribution in [2.45, 2.75) is 0 Å². The molecule has 0 aliphatic rings. The highest BCUT2D eigenvalue weighted by molar-refractivity contribution is 6.14. The SMILES string of the molecule is c1ccc(-c2ccc(-c3ccc4c(c3)c3ccccc3n4-c3ccc(N(c4ccccc4)c4ccc(-c5ccc6c(c5)c5ccccc5n6-c5ccccc5)cc4)cc3)cc2)cc1.c1ccc(N(c2ccc(-c3ccc4c(c3)c3ccccc3n4-c3ccccc3)cc2)c2ccc(-n3c4ccccc4c4cc(-c5ccc6ccccc6c5)ccc43)cc2)cc1. The molecule has 20 aromatic carbocycles. The molecular formula is C118H80N6. The molecule has 0 amide bonds. The van der Waals surface area contributed by atoms with Crippen molar-refractivity contribution in [3.05, 3.63) is 485 Å². The fourth-order valence-corrected chi connectivity index (χ4v) is 18.9. The molecule has 0 aliphatic carbocycles. The number of nitrogens with zero attached hydrogens (tertiary/aromatic N) is 6. The first-order valence-electron chi connectivity index (χ1n) is 42.5. The number of rotatable bonds is 15. The summed E-state index contributed by atoms with van der Waals surface area (Å²) in [6, 6.07) is 176. The molecule has 0 N–H and O–H groups in total. The Labute approximate surface area is 719 Å². The number of anilines is 6. The van der Waals surface area contributed by atoms with Crippen LogP contribution in [0.3, 0.4) is 0 Å². The maximum Gasteiger partial charge on any atom is 0.0541 e. The highest BCUT2D eigenvalue weighted by Crippen LogP contribution is 2.45. The summed E-state index contributed by atoms with van der Waals surface area (Å²) in [5.41, 5.74) is 32.8. The second kappa shape index (κ2) is 31.0. The van der Waals surface area contributed by atoms with Crippen molar-refractivity contribution < 1.29 is 0 Å². The molecule has 582 valence electrons. The fraction of sp³-hybridized carbons (Fsp3) is 0. The van der Waals surface area contributed by atoms with Crippen molar-refractivity contribution >= 4 is 132 Å². The Hall–Kier alpha value is -16.5. The van der Waals surface area contributed by atoms with E-state index >= 15 is 0 Å². The number of hydrogen-bond acceptors (Lipinski definition) is 2. The normalized spacial score (nSPS) is 11.5. The van der Waals surface area contributed by atoms with E-state index in [2.05, 4.69) is 513 Å². The Kier molecular flexibility index (Phi) is 18.2. The van der Waals surface area contributed by atoms with Crippen molar-refractivity contribution in [1.29, 1.82) is 0 Å². The minimum absolute atomic E-state index is 1.09. The Morgan fingerprint density at radius 1 is 0.121 bits per heavy atom. The molecule has 24 rings (SSSR count). The number of para-hydroxylation sites is 8. The van der Waals surface area contributed by atoms with Gasteiger partial charge in [0, 0.05) is 100.0 Å². The van der Waals surface area contributed by atoms with Gasteiger partial charge in [-0.1, -0.05) is 285 Å². The average Bonchev–Trinajstić information content (AvgIpc) is 1.60. The summed E-state index contributed by atoms with van der Waals surface area (Å²) in [5, 5.41) is 12.5. The first kappa shape index (κ1) is 72.7. The zero-order valence-electron chi connectivity index (χ0n) is 67.9.